The molecule has 2 aliphatic rings. The fraction of sp³-hybridized carbons (Fsp3) is 0.583. The molecule has 0 aromatic heterocycles. The molecule has 0 amide bonds. The van der Waals surface area contributed by atoms with Crippen molar-refractivity contribution in [3.63, 3.8) is 0 Å². The topological polar surface area (TPSA) is 29.5 Å². The van der Waals surface area contributed by atoms with Gasteiger partial charge >= 0.3 is 0 Å². The van der Waals surface area contributed by atoms with Crippen molar-refractivity contribution < 1.29 is 9.84 Å². The molecule has 2 nitrogen and oxygen atoms in total. The molecule has 1 aliphatic carbocycles. The fourth-order valence-electron chi connectivity index (χ4n) is 4.49. The van der Waals surface area contributed by atoms with Crippen molar-refractivity contribution in [3.05, 3.63) is 47.2 Å². The summed E-state index contributed by atoms with van der Waals surface area (Å²) in [6.07, 6.45) is 10.6. The van der Waals surface area contributed by atoms with Crippen LogP contribution in [0.1, 0.15) is 89.7 Å². The predicted octanol–water partition coefficient (Wildman–Crippen LogP) is 6.99. The van der Waals surface area contributed by atoms with E-state index in [1.165, 1.54) is 31.3 Å². The predicted molar refractivity (Wildman–Crippen MR) is 109 cm³/mol. The zero-order valence-electron chi connectivity index (χ0n) is 16.9. The van der Waals surface area contributed by atoms with Crippen molar-refractivity contribution in [3.8, 4) is 11.5 Å². The quantitative estimate of drug-likeness (QED) is 0.441. The maximum Gasteiger partial charge on any atom is 0.134 e. The normalized spacial score (nSPS) is 22.3. The number of phenolic OH excluding ortho intramolecular Hbond substituents is 1. The van der Waals surface area contributed by atoms with Crippen LogP contribution in [0, 0.1) is 5.92 Å². The number of aromatic hydroxyl groups is 1. The molecule has 2 atom stereocenters. The zero-order chi connectivity index (χ0) is 18.9. The van der Waals surface area contributed by atoms with E-state index in [9.17, 15) is 5.11 Å². The summed E-state index contributed by atoms with van der Waals surface area (Å²) in [7, 11) is 0. The molecule has 1 aromatic carbocycles. The number of benzene rings is 1. The molecule has 1 aliphatic heterocycles. The van der Waals surface area contributed by atoms with Gasteiger partial charge in [0.2, 0.25) is 0 Å². The number of fused-ring (bicyclic) bond motifs is 3. The lowest BCUT2D eigenvalue weighted by Gasteiger charge is -2.38. The Morgan fingerprint density at radius 1 is 1.23 bits per heavy atom. The van der Waals surface area contributed by atoms with E-state index >= 15 is 0 Å². The van der Waals surface area contributed by atoms with Crippen molar-refractivity contribution >= 4 is 0 Å². The van der Waals surface area contributed by atoms with E-state index in [4.69, 9.17) is 4.74 Å². The summed E-state index contributed by atoms with van der Waals surface area (Å²) in [5.41, 5.74) is 3.53. The summed E-state index contributed by atoms with van der Waals surface area (Å²) in [4.78, 5) is 0. The third-order valence-electron chi connectivity index (χ3n) is 6.29. The third-order valence-corrected chi connectivity index (χ3v) is 6.29. The van der Waals surface area contributed by atoms with E-state index in [0.717, 1.165) is 41.9 Å². The van der Waals surface area contributed by atoms with Crippen molar-refractivity contribution in [1.82, 2.24) is 0 Å². The Labute approximate surface area is 159 Å². The van der Waals surface area contributed by atoms with Crippen LogP contribution < -0.4 is 4.74 Å². The standard InChI is InChI=1S/C24H34O2/c1-6-7-8-9-12-24(4,5)18-14-21(25)23-20-13-16(2)10-11-19(20)17(3)26-22(23)15-18/h13-15,19-20,25H,3,6-12H2,1-2,4-5H3/t19-,20?/m0/s1. The Balaban J connectivity index is 1.91. The van der Waals surface area contributed by atoms with E-state index in [1.807, 2.05) is 6.07 Å². The van der Waals surface area contributed by atoms with Crippen LogP contribution in [-0.4, -0.2) is 5.11 Å². The highest BCUT2D eigenvalue weighted by Crippen LogP contribution is 2.52. The Morgan fingerprint density at radius 2 is 2.00 bits per heavy atom. The van der Waals surface area contributed by atoms with Gasteiger partial charge in [-0.25, -0.2) is 0 Å². The molecule has 1 aromatic rings. The van der Waals surface area contributed by atoms with Crippen molar-refractivity contribution in [2.45, 2.75) is 84.0 Å². The number of phenols is 1. The summed E-state index contributed by atoms with van der Waals surface area (Å²) < 4.78 is 6.11. The van der Waals surface area contributed by atoms with E-state index in [2.05, 4.69) is 46.4 Å². The number of ether oxygens (including phenoxy) is 1. The molecule has 1 N–H and O–H groups in total. The summed E-state index contributed by atoms with van der Waals surface area (Å²) in [6.45, 7) is 13.1. The first-order valence-electron chi connectivity index (χ1n) is 10.2. The molecule has 0 radical (unpaired) electrons. The SMILES string of the molecule is C=C1Oc2cc(C(C)(C)CCCCCC)cc(O)c2C2C=C(C)CC[C@@H]12. The smallest absolute Gasteiger partial charge is 0.134 e. The monoisotopic (exact) mass is 354 g/mol. The molecule has 0 spiro atoms. The average Bonchev–Trinajstić information content (AvgIpc) is 2.58. The number of hydrogen-bond donors (Lipinski definition) is 1. The van der Waals surface area contributed by atoms with Crippen LogP contribution in [0.5, 0.6) is 11.5 Å². The fourth-order valence-corrected chi connectivity index (χ4v) is 4.49. The Kier molecular flexibility index (Phi) is 5.50. The maximum atomic E-state index is 10.9. The molecule has 3 rings (SSSR count). The van der Waals surface area contributed by atoms with Gasteiger partial charge in [-0.1, -0.05) is 64.7 Å². The molecule has 26 heavy (non-hydrogen) atoms. The average molecular weight is 355 g/mol. The molecular weight excluding hydrogens is 320 g/mol. The summed E-state index contributed by atoms with van der Waals surface area (Å²) in [5, 5.41) is 10.9. The molecule has 0 saturated carbocycles. The van der Waals surface area contributed by atoms with E-state index in [-0.39, 0.29) is 17.3 Å². The van der Waals surface area contributed by atoms with Gasteiger partial charge in [-0.3, -0.25) is 0 Å². The van der Waals surface area contributed by atoms with Crippen LogP contribution in [0.4, 0.5) is 0 Å². The zero-order valence-corrected chi connectivity index (χ0v) is 16.9. The summed E-state index contributed by atoms with van der Waals surface area (Å²) in [5.74, 6) is 2.52. The van der Waals surface area contributed by atoms with Gasteiger partial charge in [-0.05, 0) is 49.3 Å². The summed E-state index contributed by atoms with van der Waals surface area (Å²) >= 11 is 0. The van der Waals surface area contributed by atoms with Crippen LogP contribution in [0.25, 0.3) is 0 Å². The molecule has 1 unspecified atom stereocenters. The first-order valence-corrected chi connectivity index (χ1v) is 10.2. The molecule has 2 heteroatoms. The first-order chi connectivity index (χ1) is 12.3. The molecular formula is C24H34O2. The highest BCUT2D eigenvalue weighted by molar-refractivity contribution is 5.55. The van der Waals surface area contributed by atoms with Gasteiger partial charge in [0.25, 0.3) is 0 Å². The molecule has 0 fully saturated rings. The summed E-state index contributed by atoms with van der Waals surface area (Å²) in [6, 6.07) is 4.12. The van der Waals surface area contributed by atoms with Gasteiger partial charge in [0.05, 0.1) is 0 Å². The lowest BCUT2D eigenvalue weighted by molar-refractivity contribution is 0.274. The van der Waals surface area contributed by atoms with Gasteiger partial charge in [0.1, 0.15) is 17.3 Å². The Bertz CT molecular complexity index is 711. The van der Waals surface area contributed by atoms with Crippen molar-refractivity contribution in [2.24, 2.45) is 5.92 Å². The second-order valence-electron chi connectivity index (χ2n) is 8.85. The highest BCUT2D eigenvalue weighted by Gasteiger charge is 2.37. The first kappa shape index (κ1) is 19.1. The minimum absolute atomic E-state index is 0.0279. The number of allylic oxidation sites excluding steroid dienone is 3. The second-order valence-corrected chi connectivity index (χ2v) is 8.85. The van der Waals surface area contributed by atoms with Gasteiger partial charge in [0, 0.05) is 17.4 Å². The van der Waals surface area contributed by atoms with Gasteiger partial charge in [-0.15, -0.1) is 0 Å². The minimum Gasteiger partial charge on any atom is -0.507 e. The van der Waals surface area contributed by atoms with E-state index < -0.39 is 0 Å². The lowest BCUT2D eigenvalue weighted by Crippen LogP contribution is -2.26. The molecule has 0 bridgehead atoms. The molecule has 0 saturated heterocycles. The van der Waals surface area contributed by atoms with Gasteiger partial charge in [0.15, 0.2) is 0 Å². The maximum absolute atomic E-state index is 10.9. The molecule has 142 valence electrons. The number of hydrogen-bond acceptors (Lipinski definition) is 2. The van der Waals surface area contributed by atoms with Crippen LogP contribution in [-0.2, 0) is 5.41 Å². The van der Waals surface area contributed by atoms with Gasteiger partial charge in [-0.2, -0.15) is 0 Å². The number of rotatable bonds is 6. The lowest BCUT2D eigenvalue weighted by atomic mass is 9.73. The van der Waals surface area contributed by atoms with E-state index in [0.29, 0.717) is 5.75 Å². The Hall–Kier alpha value is -1.70. The largest absolute Gasteiger partial charge is 0.507 e. The molecule has 1 heterocycles. The van der Waals surface area contributed by atoms with Crippen LogP contribution in [0.2, 0.25) is 0 Å². The van der Waals surface area contributed by atoms with Crippen molar-refractivity contribution in [1.29, 1.82) is 0 Å². The highest BCUT2D eigenvalue weighted by atomic mass is 16.5. The van der Waals surface area contributed by atoms with Crippen LogP contribution in [0.3, 0.4) is 0 Å². The minimum atomic E-state index is 0.0279. The van der Waals surface area contributed by atoms with Crippen molar-refractivity contribution in [2.75, 3.05) is 0 Å². The Morgan fingerprint density at radius 3 is 2.73 bits per heavy atom. The van der Waals surface area contributed by atoms with E-state index in [1.54, 1.807) is 0 Å². The van der Waals surface area contributed by atoms with Gasteiger partial charge < -0.3 is 9.84 Å². The second kappa shape index (κ2) is 7.50. The van der Waals surface area contributed by atoms with Crippen LogP contribution in [0.15, 0.2) is 36.1 Å². The number of unbranched alkanes of at least 4 members (excludes halogenated alkanes) is 3. The third kappa shape index (κ3) is 3.70. The van der Waals surface area contributed by atoms with Crippen LogP contribution >= 0.6 is 0 Å².